The fourth-order valence-electron chi connectivity index (χ4n) is 2.19. The molecule has 2 nitrogen and oxygen atoms in total. The van der Waals surface area contributed by atoms with Gasteiger partial charge in [-0.25, -0.2) is 0 Å². The Morgan fingerprint density at radius 2 is 2.00 bits per heavy atom. The van der Waals surface area contributed by atoms with Gasteiger partial charge in [0.25, 0.3) is 0 Å². The first-order chi connectivity index (χ1) is 9.74. The predicted octanol–water partition coefficient (Wildman–Crippen LogP) is 4.50. The molecular formula is C17H17NOS. The zero-order valence-corrected chi connectivity index (χ0v) is 12.2. The van der Waals surface area contributed by atoms with Gasteiger partial charge in [0, 0.05) is 16.3 Å². The molecule has 3 heteroatoms. The standard InChI is InChI=1S/C17H17NOS/c1-12(18)13-5-4-6-15(9-13)19-10-14-11-20-17-8-3-2-7-16(14)17/h2-9,11-12H,10,18H2,1H3/t12-/m1/s1. The molecule has 1 heterocycles. The van der Waals surface area contributed by atoms with Gasteiger partial charge in [0.05, 0.1) is 0 Å². The van der Waals surface area contributed by atoms with E-state index < -0.39 is 0 Å². The van der Waals surface area contributed by atoms with Gasteiger partial charge in [0.15, 0.2) is 0 Å². The van der Waals surface area contributed by atoms with E-state index >= 15 is 0 Å². The van der Waals surface area contributed by atoms with E-state index in [1.165, 1.54) is 15.6 Å². The summed E-state index contributed by atoms with van der Waals surface area (Å²) < 4.78 is 7.20. The van der Waals surface area contributed by atoms with E-state index in [-0.39, 0.29) is 6.04 Å². The molecule has 0 spiro atoms. The van der Waals surface area contributed by atoms with E-state index in [1.54, 1.807) is 11.3 Å². The molecule has 0 aliphatic rings. The maximum Gasteiger partial charge on any atom is 0.120 e. The van der Waals surface area contributed by atoms with Crippen LogP contribution in [-0.4, -0.2) is 0 Å². The maximum absolute atomic E-state index is 5.90. The molecule has 0 saturated heterocycles. The van der Waals surface area contributed by atoms with Gasteiger partial charge in [0.2, 0.25) is 0 Å². The maximum atomic E-state index is 5.90. The van der Waals surface area contributed by atoms with Crippen LogP contribution in [0.2, 0.25) is 0 Å². The number of thiophene rings is 1. The van der Waals surface area contributed by atoms with E-state index in [0.29, 0.717) is 6.61 Å². The minimum atomic E-state index is 0.0283. The van der Waals surface area contributed by atoms with Crippen LogP contribution in [0, 0.1) is 0 Å². The molecule has 0 aliphatic carbocycles. The summed E-state index contributed by atoms with van der Waals surface area (Å²) in [5.41, 5.74) is 8.22. The summed E-state index contributed by atoms with van der Waals surface area (Å²) in [7, 11) is 0. The molecule has 0 radical (unpaired) electrons. The summed E-state index contributed by atoms with van der Waals surface area (Å²) in [4.78, 5) is 0. The number of hydrogen-bond donors (Lipinski definition) is 1. The second-order valence-electron chi connectivity index (χ2n) is 4.91. The zero-order chi connectivity index (χ0) is 13.9. The Morgan fingerprint density at radius 3 is 2.85 bits per heavy atom. The van der Waals surface area contributed by atoms with Crippen LogP contribution in [0.3, 0.4) is 0 Å². The van der Waals surface area contributed by atoms with Crippen LogP contribution in [0.15, 0.2) is 53.9 Å². The fourth-order valence-corrected chi connectivity index (χ4v) is 3.14. The van der Waals surface area contributed by atoms with Crippen LogP contribution in [0.4, 0.5) is 0 Å². The summed E-state index contributed by atoms with van der Waals surface area (Å²) >= 11 is 1.76. The molecular weight excluding hydrogens is 266 g/mol. The Balaban J connectivity index is 1.78. The first kappa shape index (κ1) is 13.2. The third kappa shape index (κ3) is 2.69. The predicted molar refractivity (Wildman–Crippen MR) is 85.2 cm³/mol. The average molecular weight is 283 g/mol. The molecule has 20 heavy (non-hydrogen) atoms. The van der Waals surface area contributed by atoms with Crippen molar-refractivity contribution in [3.63, 3.8) is 0 Å². The molecule has 3 rings (SSSR count). The summed E-state index contributed by atoms with van der Waals surface area (Å²) in [6.45, 7) is 2.57. The van der Waals surface area contributed by atoms with Crippen LogP contribution >= 0.6 is 11.3 Å². The van der Waals surface area contributed by atoms with Gasteiger partial charge in [-0.3, -0.25) is 0 Å². The Hall–Kier alpha value is -1.84. The van der Waals surface area contributed by atoms with Crippen molar-refractivity contribution in [3.05, 3.63) is 65.0 Å². The van der Waals surface area contributed by atoms with Gasteiger partial charge in [-0.15, -0.1) is 11.3 Å². The third-order valence-electron chi connectivity index (χ3n) is 3.34. The van der Waals surface area contributed by atoms with Gasteiger partial charge >= 0.3 is 0 Å². The van der Waals surface area contributed by atoms with Crippen molar-refractivity contribution in [1.29, 1.82) is 0 Å². The molecule has 1 aromatic heterocycles. The lowest BCUT2D eigenvalue weighted by Gasteiger charge is -2.09. The Bertz CT molecular complexity index is 718. The topological polar surface area (TPSA) is 35.2 Å². The molecule has 0 saturated carbocycles. The second kappa shape index (κ2) is 5.65. The molecule has 1 atom stereocenters. The van der Waals surface area contributed by atoms with Gasteiger partial charge in [-0.2, -0.15) is 0 Å². The van der Waals surface area contributed by atoms with Crippen LogP contribution in [0.5, 0.6) is 5.75 Å². The summed E-state index contributed by atoms with van der Waals surface area (Å²) in [5, 5.41) is 3.45. The van der Waals surface area contributed by atoms with Gasteiger partial charge in [-0.1, -0.05) is 30.3 Å². The number of nitrogens with two attached hydrogens (primary N) is 1. The highest BCUT2D eigenvalue weighted by Crippen LogP contribution is 2.27. The average Bonchev–Trinajstić information content (AvgIpc) is 2.89. The Labute approximate surface area is 122 Å². The lowest BCUT2D eigenvalue weighted by atomic mass is 10.1. The molecule has 0 aliphatic heterocycles. The number of fused-ring (bicyclic) bond motifs is 1. The lowest BCUT2D eigenvalue weighted by Crippen LogP contribution is -2.05. The number of ether oxygens (including phenoxy) is 1. The van der Waals surface area contributed by atoms with E-state index in [9.17, 15) is 0 Å². The van der Waals surface area contributed by atoms with Crippen molar-refractivity contribution in [2.75, 3.05) is 0 Å². The van der Waals surface area contributed by atoms with E-state index in [1.807, 2.05) is 31.2 Å². The number of benzene rings is 2. The van der Waals surface area contributed by atoms with Crippen LogP contribution in [0.1, 0.15) is 24.1 Å². The molecule has 0 amide bonds. The van der Waals surface area contributed by atoms with E-state index in [0.717, 1.165) is 11.3 Å². The fraction of sp³-hybridized carbons (Fsp3) is 0.176. The number of hydrogen-bond acceptors (Lipinski definition) is 3. The molecule has 0 fully saturated rings. The molecule has 2 N–H and O–H groups in total. The number of rotatable bonds is 4. The van der Waals surface area contributed by atoms with Crippen molar-refractivity contribution in [1.82, 2.24) is 0 Å². The molecule has 2 aromatic carbocycles. The SMILES string of the molecule is C[C@@H](N)c1cccc(OCc2csc3ccccc23)c1. The summed E-state index contributed by atoms with van der Waals surface area (Å²) in [6, 6.07) is 16.4. The highest BCUT2D eigenvalue weighted by molar-refractivity contribution is 7.17. The van der Waals surface area contributed by atoms with Crippen molar-refractivity contribution >= 4 is 21.4 Å². The minimum Gasteiger partial charge on any atom is -0.489 e. The first-order valence-corrected chi connectivity index (χ1v) is 7.55. The largest absolute Gasteiger partial charge is 0.489 e. The van der Waals surface area contributed by atoms with Crippen molar-refractivity contribution in [2.24, 2.45) is 5.73 Å². The van der Waals surface area contributed by atoms with E-state index in [4.69, 9.17) is 10.5 Å². The molecule has 3 aromatic rings. The lowest BCUT2D eigenvalue weighted by molar-refractivity contribution is 0.307. The van der Waals surface area contributed by atoms with Gasteiger partial charge < -0.3 is 10.5 Å². The van der Waals surface area contributed by atoms with Crippen LogP contribution in [-0.2, 0) is 6.61 Å². The zero-order valence-electron chi connectivity index (χ0n) is 11.4. The second-order valence-corrected chi connectivity index (χ2v) is 5.82. The smallest absolute Gasteiger partial charge is 0.120 e. The van der Waals surface area contributed by atoms with Crippen LogP contribution < -0.4 is 10.5 Å². The molecule has 0 bridgehead atoms. The molecule has 0 unspecified atom stereocenters. The summed E-state index contributed by atoms with van der Waals surface area (Å²) in [6.07, 6.45) is 0. The van der Waals surface area contributed by atoms with Crippen molar-refractivity contribution in [2.45, 2.75) is 19.6 Å². The third-order valence-corrected chi connectivity index (χ3v) is 4.35. The van der Waals surface area contributed by atoms with Crippen LogP contribution in [0.25, 0.3) is 10.1 Å². The Morgan fingerprint density at radius 1 is 1.15 bits per heavy atom. The first-order valence-electron chi connectivity index (χ1n) is 6.67. The molecule has 102 valence electrons. The minimum absolute atomic E-state index is 0.0283. The highest BCUT2D eigenvalue weighted by Gasteiger charge is 2.05. The summed E-state index contributed by atoms with van der Waals surface area (Å²) in [5.74, 6) is 0.870. The normalized spacial score (nSPS) is 12.5. The monoisotopic (exact) mass is 283 g/mol. The Kier molecular flexibility index (Phi) is 3.72. The quantitative estimate of drug-likeness (QED) is 0.765. The highest BCUT2D eigenvalue weighted by atomic mass is 32.1. The van der Waals surface area contributed by atoms with E-state index in [2.05, 4.69) is 29.6 Å². The van der Waals surface area contributed by atoms with Crippen molar-refractivity contribution in [3.8, 4) is 5.75 Å². The van der Waals surface area contributed by atoms with Gasteiger partial charge in [-0.05, 0) is 41.5 Å². The van der Waals surface area contributed by atoms with Gasteiger partial charge in [0.1, 0.15) is 12.4 Å². The van der Waals surface area contributed by atoms with Crippen molar-refractivity contribution < 1.29 is 4.74 Å².